The van der Waals surface area contributed by atoms with Crippen molar-refractivity contribution in [1.29, 1.82) is 0 Å². The summed E-state index contributed by atoms with van der Waals surface area (Å²) in [5.74, 6) is 0. The van der Waals surface area contributed by atoms with E-state index in [4.69, 9.17) is 11.6 Å². The standard InChI is InChI=1S/C16H13ClN2O2/c1-11-5-6-12-7-8-18(16(12)9-11)10-13-14(17)3-2-4-15(13)19(20)21/h2-9H,10H2,1H3. The first kappa shape index (κ1) is 13.6. The van der Waals surface area contributed by atoms with Crippen LogP contribution in [0, 0.1) is 17.0 Å². The molecule has 1 aromatic heterocycles. The maximum absolute atomic E-state index is 11.2. The number of halogens is 1. The van der Waals surface area contributed by atoms with Crippen LogP contribution < -0.4 is 0 Å². The van der Waals surface area contributed by atoms with Crippen molar-refractivity contribution in [3.05, 3.63) is 74.9 Å². The molecule has 0 aliphatic heterocycles. The molecule has 0 atom stereocenters. The molecule has 0 aliphatic carbocycles. The average Bonchev–Trinajstić information content (AvgIpc) is 2.83. The molecule has 3 rings (SSSR count). The Hall–Kier alpha value is -2.33. The Bertz CT molecular complexity index is 839. The van der Waals surface area contributed by atoms with E-state index in [0.29, 0.717) is 17.1 Å². The molecule has 106 valence electrons. The maximum atomic E-state index is 11.2. The molecule has 0 saturated heterocycles. The van der Waals surface area contributed by atoms with Crippen LogP contribution in [-0.4, -0.2) is 9.49 Å². The number of nitro groups is 1. The number of rotatable bonds is 3. The van der Waals surface area contributed by atoms with Crippen LogP contribution in [0.25, 0.3) is 10.9 Å². The van der Waals surface area contributed by atoms with Crippen molar-refractivity contribution in [3.8, 4) is 0 Å². The van der Waals surface area contributed by atoms with Gasteiger partial charge in [0.15, 0.2) is 0 Å². The topological polar surface area (TPSA) is 48.1 Å². The zero-order chi connectivity index (χ0) is 15.0. The first-order chi connectivity index (χ1) is 10.1. The van der Waals surface area contributed by atoms with Crippen LogP contribution >= 0.6 is 11.6 Å². The highest BCUT2D eigenvalue weighted by atomic mass is 35.5. The summed E-state index contributed by atoms with van der Waals surface area (Å²) in [5.41, 5.74) is 2.78. The van der Waals surface area contributed by atoms with E-state index in [1.165, 1.54) is 6.07 Å². The highest BCUT2D eigenvalue weighted by molar-refractivity contribution is 6.31. The van der Waals surface area contributed by atoms with E-state index >= 15 is 0 Å². The predicted molar refractivity (Wildman–Crippen MR) is 83.9 cm³/mol. The number of hydrogen-bond donors (Lipinski definition) is 0. The fourth-order valence-electron chi connectivity index (χ4n) is 2.48. The van der Waals surface area contributed by atoms with Gasteiger partial charge in [-0.1, -0.05) is 29.8 Å². The Morgan fingerprint density at radius 1 is 1.24 bits per heavy atom. The van der Waals surface area contributed by atoms with Gasteiger partial charge in [-0.05, 0) is 36.1 Å². The van der Waals surface area contributed by atoms with Gasteiger partial charge in [0.25, 0.3) is 5.69 Å². The van der Waals surface area contributed by atoms with Crippen molar-refractivity contribution >= 4 is 28.2 Å². The molecule has 2 aromatic carbocycles. The van der Waals surface area contributed by atoms with E-state index in [9.17, 15) is 10.1 Å². The Balaban J connectivity index is 2.11. The SMILES string of the molecule is Cc1ccc2ccn(Cc3c(Cl)cccc3[N+](=O)[O-])c2c1. The molecule has 5 heteroatoms. The molecular weight excluding hydrogens is 288 g/mol. The highest BCUT2D eigenvalue weighted by Crippen LogP contribution is 2.28. The van der Waals surface area contributed by atoms with E-state index in [1.807, 2.05) is 35.9 Å². The monoisotopic (exact) mass is 300 g/mol. The quantitative estimate of drug-likeness (QED) is 0.526. The third-order valence-corrected chi connectivity index (χ3v) is 3.90. The van der Waals surface area contributed by atoms with Crippen molar-refractivity contribution in [3.63, 3.8) is 0 Å². The number of hydrogen-bond acceptors (Lipinski definition) is 2. The molecule has 0 radical (unpaired) electrons. The van der Waals surface area contributed by atoms with Gasteiger partial charge >= 0.3 is 0 Å². The number of nitrogens with zero attached hydrogens (tertiary/aromatic N) is 2. The number of nitro benzene ring substituents is 1. The summed E-state index contributed by atoms with van der Waals surface area (Å²) in [6, 6.07) is 12.9. The summed E-state index contributed by atoms with van der Waals surface area (Å²) >= 11 is 6.16. The number of benzene rings is 2. The molecule has 0 spiro atoms. The van der Waals surface area contributed by atoms with Crippen LogP contribution in [0.5, 0.6) is 0 Å². The van der Waals surface area contributed by atoms with Crippen molar-refractivity contribution in [1.82, 2.24) is 4.57 Å². The van der Waals surface area contributed by atoms with Gasteiger partial charge in [0, 0.05) is 17.8 Å². The first-order valence-electron chi connectivity index (χ1n) is 6.53. The lowest BCUT2D eigenvalue weighted by Crippen LogP contribution is -2.03. The third-order valence-electron chi connectivity index (χ3n) is 3.55. The molecule has 0 amide bonds. The van der Waals surface area contributed by atoms with Gasteiger partial charge in [0.2, 0.25) is 0 Å². The van der Waals surface area contributed by atoms with E-state index in [0.717, 1.165) is 16.5 Å². The third kappa shape index (κ3) is 2.50. The van der Waals surface area contributed by atoms with Crippen LogP contribution in [0.4, 0.5) is 5.69 Å². The van der Waals surface area contributed by atoms with Crippen LogP contribution in [0.15, 0.2) is 48.7 Å². The van der Waals surface area contributed by atoms with E-state index in [2.05, 4.69) is 6.07 Å². The fraction of sp³-hybridized carbons (Fsp3) is 0.125. The summed E-state index contributed by atoms with van der Waals surface area (Å²) in [4.78, 5) is 10.8. The molecule has 1 heterocycles. The average molecular weight is 301 g/mol. The molecule has 0 unspecified atom stereocenters. The summed E-state index contributed by atoms with van der Waals surface area (Å²) < 4.78 is 1.98. The minimum absolute atomic E-state index is 0.0528. The van der Waals surface area contributed by atoms with E-state index in [1.54, 1.807) is 12.1 Å². The molecule has 0 saturated carbocycles. The summed E-state index contributed by atoms with van der Waals surface area (Å²) in [6.45, 7) is 2.40. The molecule has 0 bridgehead atoms. The van der Waals surface area contributed by atoms with E-state index in [-0.39, 0.29) is 5.69 Å². The second-order valence-electron chi connectivity index (χ2n) is 5.00. The number of fused-ring (bicyclic) bond motifs is 1. The van der Waals surface area contributed by atoms with Crippen LogP contribution in [0.3, 0.4) is 0 Å². The highest BCUT2D eigenvalue weighted by Gasteiger charge is 2.17. The van der Waals surface area contributed by atoms with Gasteiger partial charge in [-0.3, -0.25) is 10.1 Å². The maximum Gasteiger partial charge on any atom is 0.275 e. The van der Waals surface area contributed by atoms with Crippen molar-refractivity contribution in [2.24, 2.45) is 0 Å². The molecule has 0 N–H and O–H groups in total. The summed E-state index contributed by atoms with van der Waals surface area (Å²) in [5, 5.41) is 12.7. The lowest BCUT2D eigenvalue weighted by atomic mass is 10.1. The zero-order valence-corrected chi connectivity index (χ0v) is 12.2. The Morgan fingerprint density at radius 3 is 2.81 bits per heavy atom. The lowest BCUT2D eigenvalue weighted by molar-refractivity contribution is -0.385. The molecule has 4 nitrogen and oxygen atoms in total. The van der Waals surface area contributed by atoms with Crippen LogP contribution in [0.2, 0.25) is 5.02 Å². The van der Waals surface area contributed by atoms with Crippen LogP contribution in [-0.2, 0) is 6.54 Å². The van der Waals surface area contributed by atoms with Gasteiger partial charge in [0.05, 0.1) is 22.1 Å². The lowest BCUT2D eigenvalue weighted by Gasteiger charge is -2.08. The number of aromatic nitrogens is 1. The Morgan fingerprint density at radius 2 is 2.05 bits per heavy atom. The van der Waals surface area contributed by atoms with E-state index < -0.39 is 4.92 Å². The van der Waals surface area contributed by atoms with Gasteiger partial charge in [0.1, 0.15) is 0 Å². The first-order valence-corrected chi connectivity index (χ1v) is 6.91. The van der Waals surface area contributed by atoms with Gasteiger partial charge in [-0.25, -0.2) is 0 Å². The van der Waals surface area contributed by atoms with Gasteiger partial charge < -0.3 is 4.57 Å². The zero-order valence-electron chi connectivity index (χ0n) is 11.4. The summed E-state index contributed by atoms with van der Waals surface area (Å²) in [7, 11) is 0. The minimum atomic E-state index is -0.391. The van der Waals surface area contributed by atoms with Crippen molar-refractivity contribution in [2.45, 2.75) is 13.5 Å². The smallest absolute Gasteiger partial charge is 0.275 e. The molecule has 0 fully saturated rings. The minimum Gasteiger partial charge on any atom is -0.343 e. The summed E-state index contributed by atoms with van der Waals surface area (Å²) in [6.07, 6.45) is 1.93. The van der Waals surface area contributed by atoms with Crippen molar-refractivity contribution < 1.29 is 4.92 Å². The second-order valence-corrected chi connectivity index (χ2v) is 5.41. The van der Waals surface area contributed by atoms with Gasteiger partial charge in [-0.15, -0.1) is 0 Å². The predicted octanol–water partition coefficient (Wildman–Crippen LogP) is 4.56. The molecule has 0 aliphatic rings. The molecule has 3 aromatic rings. The second kappa shape index (κ2) is 5.22. The fourth-order valence-corrected chi connectivity index (χ4v) is 2.71. The van der Waals surface area contributed by atoms with Gasteiger partial charge in [-0.2, -0.15) is 0 Å². The Kier molecular flexibility index (Phi) is 3.39. The van der Waals surface area contributed by atoms with Crippen LogP contribution in [0.1, 0.15) is 11.1 Å². The normalized spacial score (nSPS) is 11.0. The Labute approximate surface area is 126 Å². The molecule has 21 heavy (non-hydrogen) atoms. The van der Waals surface area contributed by atoms with Crippen molar-refractivity contribution in [2.75, 3.05) is 0 Å². The largest absolute Gasteiger partial charge is 0.343 e. The molecular formula is C16H13ClN2O2. The number of aryl methyl sites for hydroxylation is 1.